The Bertz CT molecular complexity index is 1160. The van der Waals surface area contributed by atoms with Gasteiger partial charge in [0.05, 0.1) is 35.9 Å². The van der Waals surface area contributed by atoms with E-state index in [4.69, 9.17) is 9.15 Å². The highest BCUT2D eigenvalue weighted by atomic mass is 32.2. The molecule has 1 aliphatic heterocycles. The second-order valence-electron chi connectivity index (χ2n) is 6.18. The van der Waals surface area contributed by atoms with Crippen LogP contribution in [0, 0.1) is 0 Å². The van der Waals surface area contributed by atoms with Crippen LogP contribution in [0.25, 0.3) is 11.1 Å². The number of fused-ring (bicyclic) bond motifs is 2. The molecule has 0 fully saturated rings. The lowest BCUT2D eigenvalue weighted by Crippen LogP contribution is -2.24. The maximum absolute atomic E-state index is 12.6. The molecule has 0 atom stereocenters. The molecule has 0 saturated heterocycles. The monoisotopic (exact) mass is 378 g/mol. The molecule has 0 saturated carbocycles. The summed E-state index contributed by atoms with van der Waals surface area (Å²) in [6, 6.07) is 4.30. The number of aromatic nitrogens is 3. The summed E-state index contributed by atoms with van der Waals surface area (Å²) in [5.41, 5.74) is 3.42. The molecule has 1 aliphatic rings. The minimum atomic E-state index is -3.77. The van der Waals surface area contributed by atoms with E-state index in [0.717, 1.165) is 17.7 Å². The summed E-state index contributed by atoms with van der Waals surface area (Å²) in [5, 5.41) is 4.41. The Morgan fingerprint density at radius 2 is 2.12 bits per heavy atom. The Morgan fingerprint density at radius 3 is 2.92 bits per heavy atom. The van der Waals surface area contributed by atoms with E-state index >= 15 is 0 Å². The van der Waals surface area contributed by atoms with Crippen LogP contribution in [-0.4, -0.2) is 29.4 Å². The lowest BCUT2D eigenvalue weighted by atomic mass is 10.1. The Morgan fingerprint density at radius 1 is 1.31 bits per heavy atom. The van der Waals surface area contributed by atoms with Gasteiger partial charge in [-0.3, -0.25) is 9.25 Å². The SMILES string of the molecule is Cn1nc(CNS(=O)(=O)c2ccc3oc(=O)n(C)c3c2)c2c1CCOC2. The average molecular weight is 378 g/mol. The predicted molar refractivity (Wildman–Crippen MR) is 92.0 cm³/mol. The molecule has 0 aliphatic carbocycles. The van der Waals surface area contributed by atoms with Gasteiger partial charge in [0.1, 0.15) is 0 Å². The van der Waals surface area contributed by atoms with Gasteiger partial charge in [-0.1, -0.05) is 0 Å². The first-order chi connectivity index (χ1) is 12.4. The first kappa shape index (κ1) is 17.0. The Balaban J connectivity index is 1.62. The summed E-state index contributed by atoms with van der Waals surface area (Å²) in [6.07, 6.45) is 0.761. The molecule has 2 aromatic heterocycles. The molecule has 1 N–H and O–H groups in total. The van der Waals surface area contributed by atoms with Crippen molar-refractivity contribution >= 4 is 21.1 Å². The molecule has 3 aromatic rings. The standard InChI is InChI=1S/C16H18N4O5S/c1-19-14-7-10(3-4-15(14)25-16(19)21)26(22,23)17-8-12-11-9-24-6-5-13(11)20(2)18-12/h3-4,7,17H,5-6,8-9H2,1-2H3. The van der Waals surface area contributed by atoms with E-state index in [2.05, 4.69) is 9.82 Å². The highest BCUT2D eigenvalue weighted by Gasteiger charge is 2.22. The second kappa shape index (κ2) is 6.08. The molecule has 0 spiro atoms. The zero-order chi connectivity index (χ0) is 18.5. The third kappa shape index (κ3) is 2.75. The molecule has 0 amide bonds. The molecule has 3 heterocycles. The number of sulfonamides is 1. The van der Waals surface area contributed by atoms with Gasteiger partial charge in [0.15, 0.2) is 5.58 Å². The minimum absolute atomic E-state index is 0.0578. The van der Waals surface area contributed by atoms with Crippen molar-refractivity contribution in [2.45, 2.75) is 24.5 Å². The molecule has 26 heavy (non-hydrogen) atoms. The molecule has 0 radical (unpaired) electrons. The summed E-state index contributed by atoms with van der Waals surface area (Å²) < 4.78 is 41.4. The number of nitrogens with one attached hydrogen (secondary N) is 1. The number of hydrogen-bond acceptors (Lipinski definition) is 6. The lowest BCUT2D eigenvalue weighted by Gasteiger charge is -2.14. The number of nitrogens with zero attached hydrogens (tertiary/aromatic N) is 3. The summed E-state index contributed by atoms with van der Waals surface area (Å²) in [5.74, 6) is -0.539. The first-order valence-corrected chi connectivity index (χ1v) is 9.56. The van der Waals surface area contributed by atoms with Crippen molar-refractivity contribution in [1.82, 2.24) is 19.1 Å². The van der Waals surface area contributed by atoms with Crippen LogP contribution >= 0.6 is 0 Å². The largest absolute Gasteiger partial charge is 0.419 e. The van der Waals surface area contributed by atoms with E-state index in [1.54, 1.807) is 4.68 Å². The van der Waals surface area contributed by atoms with Gasteiger partial charge < -0.3 is 9.15 Å². The van der Waals surface area contributed by atoms with Crippen molar-refractivity contribution in [3.63, 3.8) is 0 Å². The molecule has 0 bridgehead atoms. The predicted octanol–water partition coefficient (Wildman–Crippen LogP) is 0.416. The maximum atomic E-state index is 12.6. The molecular weight excluding hydrogens is 360 g/mol. The van der Waals surface area contributed by atoms with Gasteiger partial charge in [-0.25, -0.2) is 17.9 Å². The fraction of sp³-hybridized carbons (Fsp3) is 0.375. The highest BCUT2D eigenvalue weighted by molar-refractivity contribution is 7.89. The van der Waals surface area contributed by atoms with Crippen LogP contribution < -0.4 is 10.5 Å². The van der Waals surface area contributed by atoms with E-state index in [0.29, 0.717) is 30.0 Å². The normalized spacial score (nSPS) is 14.7. The molecule has 0 unspecified atom stereocenters. The number of rotatable bonds is 4. The third-order valence-electron chi connectivity index (χ3n) is 4.59. The lowest BCUT2D eigenvalue weighted by molar-refractivity contribution is 0.108. The molecule has 10 heteroatoms. The van der Waals surface area contributed by atoms with Crippen molar-refractivity contribution in [3.05, 3.63) is 45.7 Å². The van der Waals surface area contributed by atoms with E-state index in [-0.39, 0.29) is 11.4 Å². The Labute approximate surface area is 149 Å². The number of oxazole rings is 1. The van der Waals surface area contributed by atoms with Gasteiger partial charge in [-0.2, -0.15) is 5.10 Å². The Hall–Kier alpha value is -2.43. The zero-order valence-corrected chi connectivity index (χ0v) is 15.2. The van der Waals surface area contributed by atoms with Crippen molar-refractivity contribution in [1.29, 1.82) is 0 Å². The molecule has 1 aromatic carbocycles. The summed E-state index contributed by atoms with van der Waals surface area (Å²) in [7, 11) is -0.403. The van der Waals surface area contributed by atoms with Gasteiger partial charge in [0.2, 0.25) is 10.0 Å². The molecule has 9 nitrogen and oxygen atoms in total. The van der Waals surface area contributed by atoms with E-state index in [1.165, 1.54) is 29.8 Å². The van der Waals surface area contributed by atoms with Crippen LogP contribution in [0.1, 0.15) is 17.0 Å². The van der Waals surface area contributed by atoms with E-state index in [9.17, 15) is 13.2 Å². The minimum Gasteiger partial charge on any atom is -0.408 e. The maximum Gasteiger partial charge on any atom is 0.419 e. The van der Waals surface area contributed by atoms with Gasteiger partial charge >= 0.3 is 5.76 Å². The van der Waals surface area contributed by atoms with Crippen LogP contribution in [0.5, 0.6) is 0 Å². The summed E-state index contributed by atoms with van der Waals surface area (Å²) in [6.45, 7) is 1.14. The number of hydrogen-bond donors (Lipinski definition) is 1. The zero-order valence-electron chi connectivity index (χ0n) is 14.4. The van der Waals surface area contributed by atoms with Crippen molar-refractivity contribution in [2.75, 3.05) is 6.61 Å². The second-order valence-corrected chi connectivity index (χ2v) is 7.95. The smallest absolute Gasteiger partial charge is 0.408 e. The van der Waals surface area contributed by atoms with Gasteiger partial charge in [-0.05, 0) is 18.2 Å². The number of benzene rings is 1. The average Bonchev–Trinajstić information content (AvgIpc) is 3.10. The van der Waals surface area contributed by atoms with Gasteiger partial charge in [0.25, 0.3) is 0 Å². The fourth-order valence-corrected chi connectivity index (χ4v) is 4.16. The topological polar surface area (TPSA) is 108 Å². The van der Waals surface area contributed by atoms with Crippen LogP contribution in [0.4, 0.5) is 0 Å². The van der Waals surface area contributed by atoms with Crippen LogP contribution in [0.2, 0.25) is 0 Å². The van der Waals surface area contributed by atoms with Gasteiger partial charge in [0, 0.05) is 31.8 Å². The molecule has 4 rings (SSSR count). The van der Waals surface area contributed by atoms with Crippen molar-refractivity contribution in [2.24, 2.45) is 14.1 Å². The fourth-order valence-electron chi connectivity index (χ4n) is 3.15. The van der Waals surface area contributed by atoms with Crippen molar-refractivity contribution in [3.8, 4) is 0 Å². The third-order valence-corrected chi connectivity index (χ3v) is 5.99. The quantitative estimate of drug-likeness (QED) is 0.705. The van der Waals surface area contributed by atoms with E-state index in [1.807, 2.05) is 7.05 Å². The van der Waals surface area contributed by atoms with Crippen LogP contribution in [-0.2, 0) is 48.4 Å². The summed E-state index contributed by atoms with van der Waals surface area (Å²) in [4.78, 5) is 11.6. The van der Waals surface area contributed by atoms with Crippen LogP contribution in [0.3, 0.4) is 0 Å². The Kier molecular flexibility index (Phi) is 3.98. The van der Waals surface area contributed by atoms with Crippen LogP contribution in [0.15, 0.2) is 32.3 Å². The first-order valence-electron chi connectivity index (χ1n) is 8.07. The van der Waals surface area contributed by atoms with Crippen molar-refractivity contribution < 1.29 is 17.6 Å². The highest BCUT2D eigenvalue weighted by Crippen LogP contribution is 2.21. The number of aryl methyl sites for hydroxylation is 2. The summed E-state index contributed by atoms with van der Waals surface area (Å²) >= 11 is 0. The van der Waals surface area contributed by atoms with E-state index < -0.39 is 15.8 Å². The van der Waals surface area contributed by atoms with Gasteiger partial charge in [-0.15, -0.1) is 0 Å². The molecule has 138 valence electrons. The number of ether oxygens (including phenoxy) is 1. The molecular formula is C16H18N4O5S.